The zero-order chi connectivity index (χ0) is 34.3. The Bertz CT molecular complexity index is 740. The number of allylic oxidation sites excluding steroid dienone is 4. The minimum absolute atomic E-state index is 0.146. The topological polar surface area (TPSA) is 52.6 Å². The van der Waals surface area contributed by atoms with Gasteiger partial charge in [-0.15, -0.1) is 0 Å². The van der Waals surface area contributed by atoms with Crippen LogP contribution >= 0.6 is 0 Å². The Kier molecular flexibility index (Phi) is 28.1. The average molecular weight is 661 g/mol. The Hall–Kier alpha value is -1.62. The zero-order valence-corrected chi connectivity index (χ0v) is 31.8. The Morgan fingerprint density at radius 1 is 0.468 bits per heavy atom. The molecule has 0 bridgehead atoms. The van der Waals surface area contributed by atoms with E-state index >= 15 is 0 Å². The van der Waals surface area contributed by atoms with Crippen molar-refractivity contribution in [3.05, 3.63) is 24.3 Å². The third-order valence-electron chi connectivity index (χ3n) is 9.61. The summed E-state index contributed by atoms with van der Waals surface area (Å²) >= 11 is 0. The second kappa shape index (κ2) is 30.4. The summed E-state index contributed by atoms with van der Waals surface area (Å²) in [5, 5.41) is 0. The van der Waals surface area contributed by atoms with Gasteiger partial charge in [0.15, 0.2) is 12.2 Å². The molecule has 0 aliphatic carbocycles. The lowest BCUT2D eigenvalue weighted by atomic mass is 10.1. The summed E-state index contributed by atoms with van der Waals surface area (Å²) in [7, 11) is 4.23. The van der Waals surface area contributed by atoms with E-state index in [1.165, 1.54) is 141 Å². The van der Waals surface area contributed by atoms with E-state index in [0.717, 1.165) is 25.7 Å². The third kappa shape index (κ3) is 27.0. The van der Waals surface area contributed by atoms with E-state index in [4.69, 9.17) is 9.47 Å². The van der Waals surface area contributed by atoms with Crippen molar-refractivity contribution in [1.82, 2.24) is 0 Å². The fourth-order valence-corrected chi connectivity index (χ4v) is 6.65. The number of quaternary nitrogens is 1. The minimum Gasteiger partial charge on any atom is -0.452 e. The van der Waals surface area contributed by atoms with Crippen LogP contribution in [-0.2, 0) is 19.1 Å². The second-order valence-corrected chi connectivity index (χ2v) is 15.0. The van der Waals surface area contributed by atoms with Gasteiger partial charge in [-0.25, -0.2) is 0 Å². The van der Waals surface area contributed by atoms with Crippen molar-refractivity contribution in [2.24, 2.45) is 0 Å². The molecule has 0 aromatic carbocycles. The highest BCUT2D eigenvalue weighted by Gasteiger charge is 2.45. The molecule has 0 spiro atoms. The van der Waals surface area contributed by atoms with Gasteiger partial charge in [0.25, 0.3) is 0 Å². The first-order chi connectivity index (χ1) is 22.9. The smallest absolute Gasteiger partial charge is 0.306 e. The van der Waals surface area contributed by atoms with E-state index in [-0.39, 0.29) is 24.1 Å². The molecule has 2 atom stereocenters. The molecule has 47 heavy (non-hydrogen) atoms. The number of likely N-dealkylation sites (tertiary alicyclic amines) is 1. The summed E-state index contributed by atoms with van der Waals surface area (Å²) in [6.07, 6.45) is 42.0. The lowest BCUT2D eigenvalue weighted by Crippen LogP contribution is -2.38. The molecule has 1 aliphatic heterocycles. The lowest BCUT2D eigenvalue weighted by Gasteiger charge is -2.22. The van der Waals surface area contributed by atoms with E-state index in [9.17, 15) is 9.59 Å². The molecule has 274 valence electrons. The SMILES string of the molecule is CCCCCCCCC=CCCCCCCCC(=O)OC1C[N+](C)(C)CC1OC(=O)CCCCCCCC=CCCCCCCCC. The molecule has 0 aromatic heterocycles. The molecule has 0 aromatic rings. The van der Waals surface area contributed by atoms with Crippen LogP contribution in [0.2, 0.25) is 0 Å². The van der Waals surface area contributed by atoms with E-state index in [1.807, 2.05) is 0 Å². The maximum atomic E-state index is 12.6. The van der Waals surface area contributed by atoms with Gasteiger partial charge in [0, 0.05) is 12.8 Å². The molecule has 1 rings (SSSR count). The predicted octanol–water partition coefficient (Wildman–Crippen LogP) is 12.0. The largest absolute Gasteiger partial charge is 0.452 e. The average Bonchev–Trinajstić information content (AvgIpc) is 3.32. The van der Waals surface area contributed by atoms with Crippen LogP contribution in [0.5, 0.6) is 0 Å². The van der Waals surface area contributed by atoms with Crippen molar-refractivity contribution in [3.63, 3.8) is 0 Å². The van der Waals surface area contributed by atoms with Crippen LogP contribution in [-0.4, -0.2) is 55.8 Å². The van der Waals surface area contributed by atoms with Crippen molar-refractivity contribution in [2.45, 2.75) is 206 Å². The van der Waals surface area contributed by atoms with Crippen LogP contribution < -0.4 is 0 Å². The van der Waals surface area contributed by atoms with Crippen LogP contribution in [0, 0.1) is 0 Å². The molecule has 1 aliphatic rings. The number of hydrogen-bond donors (Lipinski definition) is 0. The first kappa shape index (κ1) is 43.4. The standard InChI is InChI=1S/C42H78NO4/c1-5-7-9-11-13-15-17-19-21-23-25-27-29-31-33-35-41(44)46-39-37-43(3,4)38-40(39)47-42(45)36-34-32-30-28-26-24-22-20-18-16-14-12-10-8-6-2/h19-22,39-40H,5-18,23-38H2,1-4H3/q+1. The summed E-state index contributed by atoms with van der Waals surface area (Å²) in [5.74, 6) is -0.291. The number of ether oxygens (including phenoxy) is 2. The van der Waals surface area contributed by atoms with Crippen LogP contribution in [0.3, 0.4) is 0 Å². The molecule has 5 heteroatoms. The van der Waals surface area contributed by atoms with Gasteiger partial charge in [-0.05, 0) is 64.2 Å². The van der Waals surface area contributed by atoms with E-state index < -0.39 is 0 Å². The van der Waals surface area contributed by atoms with Crippen LogP contribution in [0.25, 0.3) is 0 Å². The van der Waals surface area contributed by atoms with Crippen molar-refractivity contribution in [3.8, 4) is 0 Å². The summed E-state index contributed by atoms with van der Waals surface area (Å²) in [6, 6.07) is 0. The maximum absolute atomic E-state index is 12.6. The Morgan fingerprint density at radius 2 is 0.745 bits per heavy atom. The molecular formula is C42H78NO4+. The molecule has 5 nitrogen and oxygen atoms in total. The number of likely N-dealkylation sites (N-methyl/N-ethyl adjacent to an activating group) is 1. The first-order valence-electron chi connectivity index (χ1n) is 20.4. The number of carbonyl (C=O) groups is 2. The third-order valence-corrected chi connectivity index (χ3v) is 9.61. The number of unbranched alkanes of at least 4 members (excludes halogenated alkanes) is 22. The van der Waals surface area contributed by atoms with Crippen LogP contribution in [0.15, 0.2) is 24.3 Å². The normalized spacial score (nSPS) is 17.6. The monoisotopic (exact) mass is 661 g/mol. The van der Waals surface area contributed by atoms with Crippen molar-refractivity contribution in [2.75, 3.05) is 27.2 Å². The molecule has 1 saturated heterocycles. The van der Waals surface area contributed by atoms with Crippen LogP contribution in [0.4, 0.5) is 0 Å². The van der Waals surface area contributed by atoms with Gasteiger partial charge in [-0.1, -0.05) is 141 Å². The molecule has 2 unspecified atom stereocenters. The van der Waals surface area contributed by atoms with Gasteiger partial charge in [0.2, 0.25) is 0 Å². The minimum atomic E-state index is -0.335. The number of nitrogens with zero attached hydrogens (tertiary/aromatic N) is 1. The van der Waals surface area contributed by atoms with Gasteiger partial charge in [-0.2, -0.15) is 0 Å². The highest BCUT2D eigenvalue weighted by Crippen LogP contribution is 2.23. The predicted molar refractivity (Wildman–Crippen MR) is 201 cm³/mol. The summed E-state index contributed by atoms with van der Waals surface area (Å²) in [6.45, 7) is 5.93. The molecule has 0 radical (unpaired) electrons. The van der Waals surface area contributed by atoms with E-state index in [2.05, 4.69) is 52.2 Å². The number of hydrogen-bond acceptors (Lipinski definition) is 4. The van der Waals surface area contributed by atoms with Gasteiger partial charge < -0.3 is 14.0 Å². The molecular weight excluding hydrogens is 582 g/mol. The summed E-state index contributed by atoms with van der Waals surface area (Å²) < 4.78 is 12.4. The van der Waals surface area contributed by atoms with E-state index in [0.29, 0.717) is 30.4 Å². The van der Waals surface area contributed by atoms with Gasteiger partial charge >= 0.3 is 11.9 Å². The fraction of sp³-hybridized carbons (Fsp3) is 0.857. The van der Waals surface area contributed by atoms with Crippen molar-refractivity contribution < 1.29 is 23.5 Å². The van der Waals surface area contributed by atoms with E-state index in [1.54, 1.807) is 0 Å². The highest BCUT2D eigenvalue weighted by atomic mass is 16.6. The number of esters is 2. The highest BCUT2D eigenvalue weighted by molar-refractivity contribution is 5.70. The van der Waals surface area contributed by atoms with Gasteiger partial charge in [0.1, 0.15) is 13.1 Å². The summed E-state index contributed by atoms with van der Waals surface area (Å²) in [4.78, 5) is 25.2. The quantitative estimate of drug-likeness (QED) is 0.0312. The first-order valence-corrected chi connectivity index (χ1v) is 20.4. The maximum Gasteiger partial charge on any atom is 0.306 e. The van der Waals surface area contributed by atoms with Gasteiger partial charge in [0.05, 0.1) is 14.1 Å². The molecule has 0 amide bonds. The fourth-order valence-electron chi connectivity index (χ4n) is 6.65. The molecule has 0 saturated carbocycles. The Balaban J connectivity index is 2.07. The molecule has 1 fully saturated rings. The molecule has 1 heterocycles. The van der Waals surface area contributed by atoms with Crippen LogP contribution in [0.1, 0.15) is 194 Å². The summed E-state index contributed by atoms with van der Waals surface area (Å²) in [5.41, 5.74) is 0. The number of rotatable bonds is 32. The molecule has 0 N–H and O–H groups in total. The van der Waals surface area contributed by atoms with Crippen molar-refractivity contribution >= 4 is 11.9 Å². The second-order valence-electron chi connectivity index (χ2n) is 15.0. The zero-order valence-electron chi connectivity index (χ0n) is 31.8. The van der Waals surface area contributed by atoms with Gasteiger partial charge in [-0.3, -0.25) is 9.59 Å². The Labute approximate surface area is 292 Å². The lowest BCUT2D eigenvalue weighted by molar-refractivity contribution is -0.880. The Morgan fingerprint density at radius 3 is 1.06 bits per heavy atom. The number of carbonyl (C=O) groups excluding carboxylic acids is 2. The van der Waals surface area contributed by atoms with Crippen molar-refractivity contribution in [1.29, 1.82) is 0 Å².